The molecular formula is C14H16ClNO. The predicted octanol–water partition coefficient (Wildman–Crippen LogP) is 3.83. The summed E-state index contributed by atoms with van der Waals surface area (Å²) in [5.41, 5.74) is 1.21. The van der Waals surface area contributed by atoms with Gasteiger partial charge in [-0.2, -0.15) is 0 Å². The summed E-state index contributed by atoms with van der Waals surface area (Å²) in [6.45, 7) is 3.00. The van der Waals surface area contributed by atoms with E-state index in [9.17, 15) is 0 Å². The van der Waals surface area contributed by atoms with Gasteiger partial charge < -0.3 is 9.73 Å². The van der Waals surface area contributed by atoms with Crippen LogP contribution in [0.3, 0.4) is 0 Å². The first-order chi connectivity index (χ1) is 8.29. The summed E-state index contributed by atoms with van der Waals surface area (Å²) in [5.74, 6) is 0.965. The fraction of sp³-hybridized carbons (Fsp3) is 0.286. The van der Waals surface area contributed by atoms with E-state index in [1.165, 1.54) is 5.56 Å². The highest BCUT2D eigenvalue weighted by Gasteiger charge is 2.13. The van der Waals surface area contributed by atoms with Gasteiger partial charge in [0.25, 0.3) is 0 Å². The van der Waals surface area contributed by atoms with Crippen molar-refractivity contribution >= 4 is 11.6 Å². The number of hydrogen-bond donors (Lipinski definition) is 1. The van der Waals surface area contributed by atoms with Crippen LogP contribution in [0, 0.1) is 0 Å². The van der Waals surface area contributed by atoms with Gasteiger partial charge in [-0.05, 0) is 42.8 Å². The van der Waals surface area contributed by atoms with E-state index in [1.54, 1.807) is 6.26 Å². The molecule has 3 heteroatoms. The molecule has 0 radical (unpaired) electrons. The average molecular weight is 250 g/mol. The van der Waals surface area contributed by atoms with E-state index in [2.05, 4.69) is 18.3 Å². The summed E-state index contributed by atoms with van der Waals surface area (Å²) < 4.78 is 5.46. The highest BCUT2D eigenvalue weighted by Crippen LogP contribution is 2.20. The maximum absolute atomic E-state index is 5.99. The van der Waals surface area contributed by atoms with Crippen LogP contribution in [-0.4, -0.2) is 6.54 Å². The van der Waals surface area contributed by atoms with Crippen LogP contribution >= 0.6 is 11.6 Å². The Morgan fingerprint density at radius 1 is 1.29 bits per heavy atom. The first-order valence-electron chi connectivity index (χ1n) is 5.81. The Bertz CT molecular complexity index is 453. The monoisotopic (exact) mass is 249 g/mol. The minimum absolute atomic E-state index is 0.202. The lowest BCUT2D eigenvalue weighted by molar-refractivity contribution is 0.416. The van der Waals surface area contributed by atoms with Gasteiger partial charge in [-0.25, -0.2) is 0 Å². The van der Waals surface area contributed by atoms with Crippen LogP contribution in [-0.2, 0) is 6.42 Å². The van der Waals surface area contributed by atoms with Crippen molar-refractivity contribution in [3.63, 3.8) is 0 Å². The first-order valence-corrected chi connectivity index (χ1v) is 6.18. The van der Waals surface area contributed by atoms with Crippen molar-refractivity contribution in [2.75, 3.05) is 6.54 Å². The topological polar surface area (TPSA) is 25.2 Å². The number of furan rings is 1. The van der Waals surface area contributed by atoms with Crippen LogP contribution in [0.1, 0.15) is 24.3 Å². The van der Waals surface area contributed by atoms with Crippen LogP contribution in [0.5, 0.6) is 0 Å². The molecule has 0 aliphatic carbocycles. The Balaban J connectivity index is 2.13. The van der Waals surface area contributed by atoms with Gasteiger partial charge in [-0.1, -0.05) is 30.7 Å². The molecule has 0 amide bonds. The van der Waals surface area contributed by atoms with Crippen LogP contribution in [0.25, 0.3) is 0 Å². The van der Waals surface area contributed by atoms with Crippen molar-refractivity contribution in [2.45, 2.75) is 19.4 Å². The summed E-state index contributed by atoms with van der Waals surface area (Å²) in [4.78, 5) is 0. The third kappa shape index (κ3) is 3.35. The molecule has 0 unspecified atom stereocenters. The molecule has 1 aromatic heterocycles. The lowest BCUT2D eigenvalue weighted by Gasteiger charge is -2.15. The summed E-state index contributed by atoms with van der Waals surface area (Å²) in [6.07, 6.45) is 2.58. The number of likely N-dealkylation sites (N-methyl/N-ethyl adjacent to an activating group) is 1. The number of halogens is 1. The highest BCUT2D eigenvalue weighted by molar-refractivity contribution is 6.30. The molecule has 1 heterocycles. The fourth-order valence-electron chi connectivity index (χ4n) is 1.91. The van der Waals surface area contributed by atoms with Crippen LogP contribution < -0.4 is 5.32 Å². The third-order valence-corrected chi connectivity index (χ3v) is 2.90. The molecule has 1 N–H and O–H groups in total. The first kappa shape index (κ1) is 12.2. The Morgan fingerprint density at radius 2 is 2.18 bits per heavy atom. The molecule has 2 aromatic rings. The summed E-state index contributed by atoms with van der Waals surface area (Å²) in [5, 5.41) is 4.19. The smallest absolute Gasteiger partial charge is 0.121 e. The quantitative estimate of drug-likeness (QED) is 0.871. The second kappa shape index (κ2) is 5.89. The number of nitrogens with one attached hydrogen (secondary N) is 1. The summed E-state index contributed by atoms with van der Waals surface area (Å²) in [6, 6.07) is 12.1. The van der Waals surface area contributed by atoms with Crippen molar-refractivity contribution in [3.8, 4) is 0 Å². The zero-order valence-electron chi connectivity index (χ0n) is 9.82. The van der Waals surface area contributed by atoms with Gasteiger partial charge in [0.2, 0.25) is 0 Å². The molecule has 0 bridgehead atoms. The normalized spacial score (nSPS) is 12.6. The van der Waals surface area contributed by atoms with Gasteiger partial charge in [-0.15, -0.1) is 0 Å². The minimum Gasteiger partial charge on any atom is -0.468 e. The second-order valence-corrected chi connectivity index (χ2v) is 4.40. The molecule has 2 nitrogen and oxygen atoms in total. The molecule has 0 spiro atoms. The van der Waals surface area contributed by atoms with Crippen molar-refractivity contribution in [2.24, 2.45) is 0 Å². The number of benzene rings is 1. The molecule has 17 heavy (non-hydrogen) atoms. The van der Waals surface area contributed by atoms with E-state index < -0.39 is 0 Å². The molecule has 2 rings (SSSR count). The predicted molar refractivity (Wildman–Crippen MR) is 70.3 cm³/mol. The Hall–Kier alpha value is -1.25. The van der Waals surface area contributed by atoms with Crippen LogP contribution in [0.15, 0.2) is 47.1 Å². The number of hydrogen-bond acceptors (Lipinski definition) is 2. The van der Waals surface area contributed by atoms with Crippen LogP contribution in [0.4, 0.5) is 0 Å². The molecule has 1 aromatic carbocycles. The van der Waals surface area contributed by atoms with Crippen molar-refractivity contribution in [1.82, 2.24) is 5.32 Å². The summed E-state index contributed by atoms with van der Waals surface area (Å²) in [7, 11) is 0. The average Bonchev–Trinajstić information content (AvgIpc) is 2.82. The maximum Gasteiger partial charge on any atom is 0.121 e. The van der Waals surface area contributed by atoms with Crippen molar-refractivity contribution in [3.05, 3.63) is 59.0 Å². The van der Waals surface area contributed by atoms with Crippen molar-refractivity contribution < 1.29 is 4.42 Å². The SMILES string of the molecule is CCN[C@@H](Cc1cccc(Cl)c1)c1ccco1. The Labute approximate surface area is 107 Å². The summed E-state index contributed by atoms with van der Waals surface area (Å²) >= 11 is 5.99. The highest BCUT2D eigenvalue weighted by atomic mass is 35.5. The molecule has 0 fully saturated rings. The second-order valence-electron chi connectivity index (χ2n) is 3.96. The van der Waals surface area contributed by atoms with Gasteiger partial charge in [-0.3, -0.25) is 0 Å². The molecule has 0 aliphatic heterocycles. The lowest BCUT2D eigenvalue weighted by atomic mass is 10.0. The number of rotatable bonds is 5. The largest absolute Gasteiger partial charge is 0.468 e. The van der Waals surface area contributed by atoms with E-state index in [0.717, 1.165) is 23.7 Å². The van der Waals surface area contributed by atoms with Gasteiger partial charge in [0, 0.05) is 5.02 Å². The lowest BCUT2D eigenvalue weighted by Crippen LogP contribution is -2.22. The molecule has 0 saturated heterocycles. The van der Waals surface area contributed by atoms with E-state index in [-0.39, 0.29) is 6.04 Å². The van der Waals surface area contributed by atoms with Gasteiger partial charge >= 0.3 is 0 Å². The van der Waals surface area contributed by atoms with E-state index in [1.807, 2.05) is 30.3 Å². The Morgan fingerprint density at radius 3 is 2.82 bits per heavy atom. The van der Waals surface area contributed by atoms with Gasteiger partial charge in [0.15, 0.2) is 0 Å². The molecule has 0 saturated carbocycles. The van der Waals surface area contributed by atoms with Gasteiger partial charge in [0.1, 0.15) is 5.76 Å². The zero-order valence-corrected chi connectivity index (χ0v) is 10.6. The fourth-order valence-corrected chi connectivity index (χ4v) is 2.12. The van der Waals surface area contributed by atoms with E-state index in [4.69, 9.17) is 16.0 Å². The van der Waals surface area contributed by atoms with E-state index in [0.29, 0.717) is 0 Å². The molecule has 1 atom stereocenters. The van der Waals surface area contributed by atoms with Gasteiger partial charge in [0.05, 0.1) is 12.3 Å². The molecule has 0 aliphatic rings. The molecule has 90 valence electrons. The zero-order chi connectivity index (χ0) is 12.1. The maximum atomic E-state index is 5.99. The molecular weight excluding hydrogens is 234 g/mol. The van der Waals surface area contributed by atoms with E-state index >= 15 is 0 Å². The van der Waals surface area contributed by atoms with Crippen LogP contribution in [0.2, 0.25) is 5.02 Å². The minimum atomic E-state index is 0.202. The third-order valence-electron chi connectivity index (χ3n) is 2.67. The Kier molecular flexibility index (Phi) is 4.24. The standard InChI is InChI=1S/C14H16ClNO/c1-2-16-13(14-7-4-8-17-14)10-11-5-3-6-12(15)9-11/h3-9,13,16H,2,10H2,1H3/t13-/m0/s1. The van der Waals surface area contributed by atoms with Crippen molar-refractivity contribution in [1.29, 1.82) is 0 Å².